The summed E-state index contributed by atoms with van der Waals surface area (Å²) in [5.74, 6) is 0.772. The minimum absolute atomic E-state index is 0.772. The van der Waals surface area contributed by atoms with Crippen LogP contribution in [0.25, 0.3) is 0 Å². The normalized spacial score (nSPS) is 15.5. The second-order valence-electron chi connectivity index (χ2n) is 5.09. The number of hydrogen-bond donors (Lipinski definition) is 0. The molecule has 0 nitrogen and oxygen atoms in total. The Labute approximate surface area is 109 Å². The minimum atomic E-state index is 0.772. The Morgan fingerprint density at radius 3 is 2.18 bits per heavy atom. The van der Waals surface area contributed by atoms with Crippen LogP contribution in [0.4, 0.5) is 0 Å². The van der Waals surface area contributed by atoms with Crippen LogP contribution in [0, 0.1) is 5.92 Å². The zero-order chi connectivity index (χ0) is 13.3. The largest absolute Gasteiger partial charge is 0.0988 e. The SMILES string of the molecule is C=C/C(C)=C\C(C)=C(/C)C(CCC)CCCC. The van der Waals surface area contributed by atoms with Crippen molar-refractivity contribution in [3.63, 3.8) is 0 Å². The molecule has 0 aliphatic rings. The van der Waals surface area contributed by atoms with Gasteiger partial charge in [0.25, 0.3) is 0 Å². The molecule has 0 N–H and O–H groups in total. The van der Waals surface area contributed by atoms with E-state index in [4.69, 9.17) is 0 Å². The van der Waals surface area contributed by atoms with Crippen LogP contribution >= 0.6 is 0 Å². The standard InChI is InChI=1S/C17H30/c1-7-10-12-17(11-8-2)16(6)15(5)13-14(4)9-3/h9,13,17H,3,7-8,10-12H2,1-2,4-6H3/b14-13-,16-15+. The predicted octanol–water partition coefficient (Wildman–Crippen LogP) is 6.06. The van der Waals surface area contributed by atoms with Crippen molar-refractivity contribution >= 4 is 0 Å². The molecule has 0 aliphatic heterocycles. The van der Waals surface area contributed by atoms with Gasteiger partial charge >= 0.3 is 0 Å². The summed E-state index contributed by atoms with van der Waals surface area (Å²) in [5, 5.41) is 0. The summed E-state index contributed by atoms with van der Waals surface area (Å²) in [6.45, 7) is 15.0. The molecule has 0 aromatic heterocycles. The molecule has 0 rings (SSSR count). The highest BCUT2D eigenvalue weighted by atomic mass is 14.2. The van der Waals surface area contributed by atoms with E-state index in [1.165, 1.54) is 43.3 Å². The molecule has 0 radical (unpaired) electrons. The van der Waals surface area contributed by atoms with E-state index < -0.39 is 0 Å². The summed E-state index contributed by atoms with van der Waals surface area (Å²) < 4.78 is 0. The van der Waals surface area contributed by atoms with Gasteiger partial charge in [-0.1, -0.05) is 68.6 Å². The fourth-order valence-electron chi connectivity index (χ4n) is 2.21. The van der Waals surface area contributed by atoms with Crippen LogP contribution in [0.3, 0.4) is 0 Å². The first-order valence-corrected chi connectivity index (χ1v) is 7.04. The van der Waals surface area contributed by atoms with Crippen molar-refractivity contribution < 1.29 is 0 Å². The molecule has 17 heavy (non-hydrogen) atoms. The lowest BCUT2D eigenvalue weighted by Crippen LogP contribution is -2.03. The van der Waals surface area contributed by atoms with Crippen LogP contribution in [-0.4, -0.2) is 0 Å². The highest BCUT2D eigenvalue weighted by Gasteiger charge is 2.10. The molecule has 0 bridgehead atoms. The van der Waals surface area contributed by atoms with Gasteiger partial charge < -0.3 is 0 Å². The molecule has 1 unspecified atom stereocenters. The molecule has 0 aliphatic carbocycles. The van der Waals surface area contributed by atoms with E-state index in [1.807, 2.05) is 6.08 Å². The van der Waals surface area contributed by atoms with Gasteiger partial charge in [-0.05, 0) is 39.5 Å². The Bertz CT molecular complexity index is 278. The maximum absolute atomic E-state index is 3.81. The fraction of sp³-hybridized carbons (Fsp3) is 0.647. The van der Waals surface area contributed by atoms with E-state index in [1.54, 1.807) is 5.57 Å². The van der Waals surface area contributed by atoms with Gasteiger partial charge in [0.15, 0.2) is 0 Å². The summed E-state index contributed by atoms with van der Waals surface area (Å²) >= 11 is 0. The van der Waals surface area contributed by atoms with Crippen LogP contribution in [0.2, 0.25) is 0 Å². The van der Waals surface area contributed by atoms with Crippen molar-refractivity contribution in [2.45, 2.75) is 66.7 Å². The molecular weight excluding hydrogens is 204 g/mol. The quantitative estimate of drug-likeness (QED) is 0.448. The molecular formula is C17H30. The maximum atomic E-state index is 3.81. The summed E-state index contributed by atoms with van der Waals surface area (Å²) in [6.07, 6.45) is 10.8. The lowest BCUT2D eigenvalue weighted by molar-refractivity contribution is 0.486. The predicted molar refractivity (Wildman–Crippen MR) is 80.3 cm³/mol. The second-order valence-corrected chi connectivity index (χ2v) is 5.09. The van der Waals surface area contributed by atoms with Crippen LogP contribution in [0.5, 0.6) is 0 Å². The van der Waals surface area contributed by atoms with Gasteiger partial charge in [0.05, 0.1) is 0 Å². The smallest absolute Gasteiger partial charge is 0.0200 e. The van der Waals surface area contributed by atoms with Crippen molar-refractivity contribution in [1.82, 2.24) is 0 Å². The van der Waals surface area contributed by atoms with E-state index in [0.717, 1.165) is 5.92 Å². The summed E-state index contributed by atoms with van der Waals surface area (Å²) in [4.78, 5) is 0. The average molecular weight is 234 g/mol. The van der Waals surface area contributed by atoms with Crippen LogP contribution in [-0.2, 0) is 0 Å². The molecule has 0 heteroatoms. The van der Waals surface area contributed by atoms with Crippen LogP contribution in [0.15, 0.2) is 35.5 Å². The first-order chi connectivity index (χ1) is 8.06. The summed E-state index contributed by atoms with van der Waals surface area (Å²) in [6, 6.07) is 0. The Morgan fingerprint density at radius 1 is 1.06 bits per heavy atom. The number of allylic oxidation sites excluding steroid dienone is 5. The number of rotatable bonds is 8. The first kappa shape index (κ1) is 16.2. The van der Waals surface area contributed by atoms with Gasteiger partial charge in [0.2, 0.25) is 0 Å². The lowest BCUT2D eigenvalue weighted by Gasteiger charge is -2.18. The molecule has 1 atom stereocenters. The second kappa shape index (κ2) is 9.27. The van der Waals surface area contributed by atoms with Crippen LogP contribution in [0.1, 0.15) is 66.7 Å². The highest BCUT2D eigenvalue weighted by Crippen LogP contribution is 2.26. The van der Waals surface area contributed by atoms with Gasteiger partial charge in [0, 0.05) is 0 Å². The zero-order valence-corrected chi connectivity index (χ0v) is 12.5. The third-order valence-corrected chi connectivity index (χ3v) is 3.54. The van der Waals surface area contributed by atoms with Crippen molar-refractivity contribution in [3.05, 3.63) is 35.5 Å². The summed E-state index contributed by atoms with van der Waals surface area (Å²) in [7, 11) is 0. The fourth-order valence-corrected chi connectivity index (χ4v) is 2.21. The highest BCUT2D eigenvalue weighted by molar-refractivity contribution is 5.30. The number of unbranched alkanes of at least 4 members (excludes halogenated alkanes) is 1. The van der Waals surface area contributed by atoms with E-state index in [2.05, 4.69) is 47.3 Å². The van der Waals surface area contributed by atoms with Crippen molar-refractivity contribution in [3.8, 4) is 0 Å². The van der Waals surface area contributed by atoms with E-state index >= 15 is 0 Å². The Morgan fingerprint density at radius 2 is 1.71 bits per heavy atom. The average Bonchev–Trinajstić information content (AvgIpc) is 2.33. The van der Waals surface area contributed by atoms with E-state index in [9.17, 15) is 0 Å². The molecule has 0 fully saturated rings. The molecule has 0 saturated heterocycles. The van der Waals surface area contributed by atoms with E-state index in [0.29, 0.717) is 0 Å². The number of hydrogen-bond acceptors (Lipinski definition) is 0. The Hall–Kier alpha value is -0.780. The van der Waals surface area contributed by atoms with Gasteiger partial charge in [-0.25, -0.2) is 0 Å². The van der Waals surface area contributed by atoms with Crippen molar-refractivity contribution in [2.24, 2.45) is 5.92 Å². The van der Waals surface area contributed by atoms with Gasteiger partial charge in [0.1, 0.15) is 0 Å². The molecule has 0 aromatic rings. The Balaban J connectivity index is 4.82. The van der Waals surface area contributed by atoms with E-state index in [-0.39, 0.29) is 0 Å². The van der Waals surface area contributed by atoms with Crippen molar-refractivity contribution in [2.75, 3.05) is 0 Å². The molecule has 0 heterocycles. The molecule has 0 aromatic carbocycles. The minimum Gasteiger partial charge on any atom is -0.0988 e. The van der Waals surface area contributed by atoms with Crippen molar-refractivity contribution in [1.29, 1.82) is 0 Å². The molecule has 0 spiro atoms. The third-order valence-electron chi connectivity index (χ3n) is 3.54. The van der Waals surface area contributed by atoms with Crippen LogP contribution < -0.4 is 0 Å². The van der Waals surface area contributed by atoms with Gasteiger partial charge in [-0.15, -0.1) is 0 Å². The van der Waals surface area contributed by atoms with Gasteiger partial charge in [-0.2, -0.15) is 0 Å². The van der Waals surface area contributed by atoms with Gasteiger partial charge in [-0.3, -0.25) is 0 Å². The molecule has 0 amide bonds. The Kier molecular flexibility index (Phi) is 8.85. The monoisotopic (exact) mass is 234 g/mol. The summed E-state index contributed by atoms with van der Waals surface area (Å²) in [5.41, 5.74) is 4.26. The lowest BCUT2D eigenvalue weighted by atomic mass is 9.87. The topological polar surface area (TPSA) is 0 Å². The third kappa shape index (κ3) is 6.51. The molecule has 98 valence electrons. The zero-order valence-electron chi connectivity index (χ0n) is 12.5. The molecule has 0 saturated carbocycles. The first-order valence-electron chi connectivity index (χ1n) is 7.04. The maximum Gasteiger partial charge on any atom is -0.0200 e.